The van der Waals surface area contributed by atoms with Crippen LogP contribution in [-0.2, 0) is 16.0 Å². The number of rotatable bonds is 7. The molecule has 0 saturated carbocycles. The van der Waals surface area contributed by atoms with Crippen molar-refractivity contribution in [1.82, 2.24) is 5.16 Å². The monoisotopic (exact) mass is 381 g/mol. The minimum absolute atomic E-state index is 0.0806. The molecule has 2 aromatic carbocycles. The van der Waals surface area contributed by atoms with Crippen LogP contribution < -0.4 is 15.4 Å². The van der Waals surface area contributed by atoms with Gasteiger partial charge in [-0.25, -0.2) is 0 Å². The first-order valence-corrected chi connectivity index (χ1v) is 9.07. The van der Waals surface area contributed by atoms with E-state index in [9.17, 15) is 9.59 Å². The van der Waals surface area contributed by atoms with E-state index >= 15 is 0 Å². The number of methoxy groups -OCH3 is 1. The number of aromatic nitrogens is 1. The number of amides is 2. The molecule has 0 fully saturated rings. The van der Waals surface area contributed by atoms with Crippen LogP contribution in [0.25, 0.3) is 11.0 Å². The van der Waals surface area contributed by atoms with E-state index in [0.29, 0.717) is 34.8 Å². The van der Waals surface area contributed by atoms with Gasteiger partial charge in [0, 0.05) is 23.6 Å². The number of carbonyl (C=O) groups excluding carboxylic acids is 2. The SMILES string of the molecule is COc1cc(NC(=O)Cc2noc3ccccc23)ccc1NC(=O)CC(C)C. The van der Waals surface area contributed by atoms with Crippen LogP contribution in [0.15, 0.2) is 47.0 Å². The van der Waals surface area contributed by atoms with E-state index in [4.69, 9.17) is 9.26 Å². The van der Waals surface area contributed by atoms with E-state index in [0.717, 1.165) is 5.39 Å². The van der Waals surface area contributed by atoms with Crippen LogP contribution in [0.4, 0.5) is 11.4 Å². The Hall–Kier alpha value is -3.35. The van der Waals surface area contributed by atoms with Gasteiger partial charge in [0.05, 0.1) is 19.2 Å². The fraction of sp³-hybridized carbons (Fsp3) is 0.286. The highest BCUT2D eigenvalue weighted by molar-refractivity contribution is 5.96. The van der Waals surface area contributed by atoms with Crippen LogP contribution in [-0.4, -0.2) is 24.1 Å². The molecule has 2 N–H and O–H groups in total. The summed E-state index contributed by atoms with van der Waals surface area (Å²) < 4.78 is 10.6. The summed E-state index contributed by atoms with van der Waals surface area (Å²) in [5.41, 5.74) is 2.36. The Morgan fingerprint density at radius 1 is 1.11 bits per heavy atom. The number of carbonyl (C=O) groups is 2. The highest BCUT2D eigenvalue weighted by Crippen LogP contribution is 2.28. The molecule has 0 aliphatic heterocycles. The Bertz CT molecular complexity index is 994. The van der Waals surface area contributed by atoms with Gasteiger partial charge in [0.25, 0.3) is 0 Å². The predicted molar refractivity (Wildman–Crippen MR) is 107 cm³/mol. The van der Waals surface area contributed by atoms with Gasteiger partial charge in [-0.3, -0.25) is 9.59 Å². The van der Waals surface area contributed by atoms with Crippen LogP contribution in [0.2, 0.25) is 0 Å². The van der Waals surface area contributed by atoms with Crippen molar-refractivity contribution in [3.05, 3.63) is 48.2 Å². The van der Waals surface area contributed by atoms with E-state index in [2.05, 4.69) is 15.8 Å². The van der Waals surface area contributed by atoms with E-state index in [-0.39, 0.29) is 24.2 Å². The molecule has 146 valence electrons. The van der Waals surface area contributed by atoms with Gasteiger partial charge in [-0.05, 0) is 30.2 Å². The maximum atomic E-state index is 12.4. The number of hydrogen-bond acceptors (Lipinski definition) is 5. The molecule has 0 atom stereocenters. The summed E-state index contributed by atoms with van der Waals surface area (Å²) in [7, 11) is 1.51. The Morgan fingerprint density at radius 2 is 1.89 bits per heavy atom. The lowest BCUT2D eigenvalue weighted by atomic mass is 10.1. The molecule has 0 saturated heterocycles. The van der Waals surface area contributed by atoms with Crippen molar-refractivity contribution in [2.75, 3.05) is 17.7 Å². The van der Waals surface area contributed by atoms with E-state index in [1.807, 2.05) is 32.0 Å². The minimum atomic E-state index is -0.224. The fourth-order valence-electron chi connectivity index (χ4n) is 2.87. The van der Waals surface area contributed by atoms with Crippen LogP contribution in [0.1, 0.15) is 26.0 Å². The zero-order valence-corrected chi connectivity index (χ0v) is 16.1. The number of anilines is 2. The van der Waals surface area contributed by atoms with Gasteiger partial charge in [0.2, 0.25) is 11.8 Å². The highest BCUT2D eigenvalue weighted by atomic mass is 16.5. The van der Waals surface area contributed by atoms with Gasteiger partial charge in [-0.15, -0.1) is 0 Å². The van der Waals surface area contributed by atoms with E-state index in [1.165, 1.54) is 7.11 Å². The van der Waals surface area contributed by atoms with Crippen molar-refractivity contribution in [3.63, 3.8) is 0 Å². The van der Waals surface area contributed by atoms with Crippen LogP contribution in [0.5, 0.6) is 5.75 Å². The van der Waals surface area contributed by atoms with Crippen LogP contribution >= 0.6 is 0 Å². The first-order chi connectivity index (χ1) is 13.5. The topological polar surface area (TPSA) is 93.5 Å². The Balaban J connectivity index is 1.68. The van der Waals surface area contributed by atoms with Crippen LogP contribution in [0, 0.1) is 5.92 Å². The number of ether oxygens (including phenoxy) is 1. The number of fused-ring (bicyclic) bond motifs is 1. The van der Waals surface area contributed by atoms with Gasteiger partial charge in [-0.1, -0.05) is 31.1 Å². The number of para-hydroxylation sites is 1. The molecule has 3 rings (SSSR count). The first-order valence-electron chi connectivity index (χ1n) is 9.07. The summed E-state index contributed by atoms with van der Waals surface area (Å²) >= 11 is 0. The lowest BCUT2D eigenvalue weighted by Gasteiger charge is -2.13. The zero-order chi connectivity index (χ0) is 20.1. The Kier molecular flexibility index (Phi) is 5.93. The molecule has 7 heteroatoms. The second-order valence-electron chi connectivity index (χ2n) is 6.91. The van der Waals surface area contributed by atoms with Crippen molar-refractivity contribution in [1.29, 1.82) is 0 Å². The third-order valence-corrected chi connectivity index (χ3v) is 4.13. The zero-order valence-electron chi connectivity index (χ0n) is 16.1. The molecular formula is C21H23N3O4. The second-order valence-corrected chi connectivity index (χ2v) is 6.91. The van der Waals surface area contributed by atoms with Crippen molar-refractivity contribution in [2.45, 2.75) is 26.7 Å². The summed E-state index contributed by atoms with van der Waals surface area (Å²) in [6.45, 7) is 3.96. The molecule has 0 unspecified atom stereocenters. The number of hydrogen-bond donors (Lipinski definition) is 2. The van der Waals surface area contributed by atoms with Gasteiger partial charge in [0.1, 0.15) is 11.4 Å². The molecular weight excluding hydrogens is 358 g/mol. The normalized spacial score (nSPS) is 10.9. The van der Waals surface area contributed by atoms with Gasteiger partial charge in [-0.2, -0.15) is 0 Å². The molecule has 0 aliphatic rings. The molecule has 7 nitrogen and oxygen atoms in total. The predicted octanol–water partition coefficient (Wildman–Crippen LogP) is 4.00. The van der Waals surface area contributed by atoms with E-state index < -0.39 is 0 Å². The average Bonchev–Trinajstić information content (AvgIpc) is 3.05. The van der Waals surface area contributed by atoms with Gasteiger partial charge < -0.3 is 19.9 Å². The Morgan fingerprint density at radius 3 is 2.64 bits per heavy atom. The largest absolute Gasteiger partial charge is 0.494 e. The minimum Gasteiger partial charge on any atom is -0.494 e. The Labute approximate surface area is 163 Å². The summed E-state index contributed by atoms with van der Waals surface area (Å²) in [5.74, 6) is 0.430. The average molecular weight is 381 g/mol. The van der Waals surface area contributed by atoms with E-state index in [1.54, 1.807) is 24.3 Å². The molecule has 0 aliphatic carbocycles. The molecule has 0 radical (unpaired) electrons. The molecule has 3 aromatic rings. The van der Waals surface area contributed by atoms with Gasteiger partial charge >= 0.3 is 0 Å². The first kappa shape index (κ1) is 19.4. The molecule has 1 heterocycles. The second kappa shape index (κ2) is 8.56. The molecule has 0 spiro atoms. The lowest BCUT2D eigenvalue weighted by molar-refractivity contribution is -0.117. The van der Waals surface area contributed by atoms with Crippen molar-refractivity contribution in [2.24, 2.45) is 5.92 Å². The maximum absolute atomic E-state index is 12.4. The maximum Gasteiger partial charge on any atom is 0.230 e. The lowest BCUT2D eigenvalue weighted by Crippen LogP contribution is -2.16. The van der Waals surface area contributed by atoms with Crippen LogP contribution in [0.3, 0.4) is 0 Å². The summed E-state index contributed by atoms with van der Waals surface area (Å²) in [5, 5.41) is 10.4. The number of benzene rings is 2. The molecule has 1 aromatic heterocycles. The quantitative estimate of drug-likeness (QED) is 0.645. The third-order valence-electron chi connectivity index (χ3n) is 4.13. The van der Waals surface area contributed by atoms with Crippen molar-refractivity contribution in [3.8, 4) is 5.75 Å². The molecule has 28 heavy (non-hydrogen) atoms. The molecule has 0 bridgehead atoms. The van der Waals surface area contributed by atoms with Crippen molar-refractivity contribution >= 4 is 34.2 Å². The number of nitrogens with zero attached hydrogens (tertiary/aromatic N) is 1. The number of nitrogens with one attached hydrogen (secondary N) is 2. The smallest absolute Gasteiger partial charge is 0.230 e. The third kappa shape index (κ3) is 4.68. The summed E-state index contributed by atoms with van der Waals surface area (Å²) in [6, 6.07) is 12.5. The van der Waals surface area contributed by atoms with Gasteiger partial charge in [0.15, 0.2) is 5.58 Å². The standard InChI is InChI=1S/C21H23N3O4/c1-13(2)10-20(25)23-16-9-8-14(11-19(16)27-3)22-21(26)12-17-15-6-4-5-7-18(15)28-24-17/h4-9,11,13H,10,12H2,1-3H3,(H,22,26)(H,23,25). The summed E-state index contributed by atoms with van der Waals surface area (Å²) in [6.07, 6.45) is 0.513. The molecule has 2 amide bonds. The van der Waals surface area contributed by atoms with Crippen molar-refractivity contribution < 1.29 is 18.8 Å². The fourth-order valence-corrected chi connectivity index (χ4v) is 2.87. The highest BCUT2D eigenvalue weighted by Gasteiger charge is 2.14. The summed E-state index contributed by atoms with van der Waals surface area (Å²) in [4.78, 5) is 24.4.